The number of hydrogen-bond donors (Lipinski definition) is 0. The molecule has 0 spiro atoms. The first-order valence-corrected chi connectivity index (χ1v) is 7.34. The first-order chi connectivity index (χ1) is 7.83. The van der Waals surface area contributed by atoms with Crippen LogP contribution in [0, 0.1) is 0 Å². The fraction of sp³-hybridized carbons (Fsp3) is 0.667. The molecule has 104 valence electrons. The highest BCUT2D eigenvalue weighted by atomic mass is 35.6. The molecule has 1 unspecified atom stereocenters. The van der Waals surface area contributed by atoms with Crippen LogP contribution in [0.2, 0.25) is 0 Å². The van der Waals surface area contributed by atoms with E-state index in [0.717, 1.165) is 11.2 Å². The molecular weight excluding hydrogens is 433 g/mol. The second-order valence-corrected chi connectivity index (χ2v) is 9.84. The minimum Gasteiger partial charge on any atom is -0.271 e. The second-order valence-electron chi connectivity index (χ2n) is 2.97. The van der Waals surface area contributed by atoms with Crippen LogP contribution in [0.1, 0.15) is 0 Å². The van der Waals surface area contributed by atoms with Gasteiger partial charge in [-0.05, 0) is 0 Å². The third kappa shape index (κ3) is 4.64. The molecule has 1 rings (SSSR count). The van der Waals surface area contributed by atoms with Crippen LogP contribution < -0.4 is 0 Å². The van der Waals surface area contributed by atoms with E-state index in [4.69, 9.17) is 104 Å². The summed E-state index contributed by atoms with van der Waals surface area (Å²) in [6, 6.07) is 0. The van der Waals surface area contributed by atoms with Crippen LogP contribution in [0.5, 0.6) is 0 Å². The molecule has 0 aliphatic carbocycles. The predicted molar refractivity (Wildman–Crippen MR) is 82.4 cm³/mol. The van der Waals surface area contributed by atoms with Crippen molar-refractivity contribution in [2.24, 2.45) is 9.98 Å². The highest BCUT2D eigenvalue weighted by Crippen LogP contribution is 2.41. The van der Waals surface area contributed by atoms with Gasteiger partial charge in [0.15, 0.2) is 12.0 Å². The minimum atomic E-state index is -1.98. The summed E-state index contributed by atoms with van der Waals surface area (Å²) in [6.45, 7) is 0. The number of nitrogens with zero attached hydrogens (tertiary/aromatic N) is 3. The molecule has 0 aromatic heterocycles. The SMILES string of the molecule is ClC(Cl)(Cl)C1=NC(C(Cl)(Cl)Cl)N=CN1C(Cl)(Cl)Cl. The maximum atomic E-state index is 5.72. The number of rotatable bonds is 0. The summed E-state index contributed by atoms with van der Waals surface area (Å²) < 4.78 is -5.76. The van der Waals surface area contributed by atoms with E-state index in [1.807, 2.05) is 0 Å². The van der Waals surface area contributed by atoms with E-state index in [9.17, 15) is 0 Å². The van der Waals surface area contributed by atoms with E-state index >= 15 is 0 Å². The van der Waals surface area contributed by atoms with Crippen LogP contribution in [0.4, 0.5) is 0 Å². The topological polar surface area (TPSA) is 28.0 Å². The van der Waals surface area contributed by atoms with Gasteiger partial charge >= 0.3 is 0 Å². The number of amidine groups is 1. The van der Waals surface area contributed by atoms with E-state index in [-0.39, 0.29) is 5.84 Å². The molecule has 0 saturated carbocycles. The Bertz CT molecular complexity index is 373. The monoisotopic (exact) mass is 431 g/mol. The molecule has 0 saturated heterocycles. The second kappa shape index (κ2) is 5.86. The molecule has 1 atom stereocenters. The number of alkyl halides is 9. The molecule has 0 aromatic rings. The molecular formula is C6H2Cl9N3. The number of hydrogen-bond acceptors (Lipinski definition) is 3. The van der Waals surface area contributed by atoms with Gasteiger partial charge in [-0.1, -0.05) is 104 Å². The van der Waals surface area contributed by atoms with Crippen molar-refractivity contribution in [1.82, 2.24) is 4.90 Å². The normalized spacial score (nSPS) is 22.2. The van der Waals surface area contributed by atoms with E-state index in [2.05, 4.69) is 9.98 Å². The zero-order valence-corrected chi connectivity index (χ0v) is 14.7. The van der Waals surface area contributed by atoms with Crippen LogP contribution in [0.3, 0.4) is 0 Å². The molecule has 0 radical (unpaired) electrons. The quantitative estimate of drug-likeness (QED) is 0.384. The smallest absolute Gasteiger partial charge is 0.271 e. The van der Waals surface area contributed by atoms with Crippen LogP contribution in [-0.2, 0) is 0 Å². The number of halogens is 9. The van der Waals surface area contributed by atoms with Crippen LogP contribution in [-0.4, -0.2) is 34.7 Å². The van der Waals surface area contributed by atoms with Crippen molar-refractivity contribution in [3.05, 3.63) is 0 Å². The van der Waals surface area contributed by atoms with Gasteiger partial charge in [0.25, 0.3) is 3.92 Å². The Balaban J connectivity index is 3.20. The van der Waals surface area contributed by atoms with Gasteiger partial charge in [0.1, 0.15) is 0 Å². The lowest BCUT2D eigenvalue weighted by atomic mass is 10.5. The standard InChI is InChI=1S/C6H2Cl9N3/c7-4(8,9)2-16-1-18(6(13,14)15)3(17-2)5(10,11)12/h1-2H. The van der Waals surface area contributed by atoms with Gasteiger partial charge < -0.3 is 0 Å². The average molecular weight is 435 g/mol. The van der Waals surface area contributed by atoms with Crippen LogP contribution in [0.15, 0.2) is 9.98 Å². The van der Waals surface area contributed by atoms with Crippen molar-refractivity contribution >= 4 is 117 Å². The van der Waals surface area contributed by atoms with Crippen molar-refractivity contribution in [2.45, 2.75) is 17.7 Å². The zero-order chi connectivity index (χ0) is 14.4. The van der Waals surface area contributed by atoms with Crippen molar-refractivity contribution < 1.29 is 0 Å². The van der Waals surface area contributed by atoms with Gasteiger partial charge in [0, 0.05) is 0 Å². The predicted octanol–water partition coefficient (Wildman–Crippen LogP) is 5.12. The highest BCUT2D eigenvalue weighted by molar-refractivity contribution is 6.78. The Morgan fingerprint density at radius 3 is 1.78 bits per heavy atom. The summed E-state index contributed by atoms with van der Waals surface area (Å²) in [5, 5.41) is 0. The molecule has 1 aliphatic rings. The molecule has 1 heterocycles. The van der Waals surface area contributed by atoms with Gasteiger partial charge in [-0.3, -0.25) is 4.90 Å². The summed E-state index contributed by atoms with van der Waals surface area (Å²) in [7, 11) is 0. The van der Waals surface area contributed by atoms with E-state index < -0.39 is 17.7 Å². The molecule has 0 fully saturated rings. The van der Waals surface area contributed by atoms with Crippen molar-refractivity contribution in [1.29, 1.82) is 0 Å². The van der Waals surface area contributed by atoms with E-state index in [0.29, 0.717) is 0 Å². The highest BCUT2D eigenvalue weighted by Gasteiger charge is 2.45. The summed E-state index contributed by atoms with van der Waals surface area (Å²) in [5.41, 5.74) is 0. The Kier molecular flexibility index (Phi) is 5.80. The van der Waals surface area contributed by atoms with Crippen molar-refractivity contribution in [3.63, 3.8) is 0 Å². The third-order valence-electron chi connectivity index (χ3n) is 1.62. The van der Waals surface area contributed by atoms with Gasteiger partial charge in [-0.2, -0.15) is 0 Å². The lowest BCUT2D eigenvalue weighted by molar-refractivity contribution is 0.578. The fourth-order valence-electron chi connectivity index (χ4n) is 0.949. The Morgan fingerprint density at radius 1 is 0.944 bits per heavy atom. The molecule has 0 aromatic carbocycles. The summed E-state index contributed by atoms with van der Waals surface area (Å²) in [4.78, 5) is 8.60. The van der Waals surface area contributed by atoms with Gasteiger partial charge in [0.2, 0.25) is 7.59 Å². The lowest BCUT2D eigenvalue weighted by Crippen LogP contribution is -2.49. The summed E-state index contributed by atoms with van der Waals surface area (Å²) >= 11 is 51.2. The maximum Gasteiger partial charge on any atom is 0.274 e. The van der Waals surface area contributed by atoms with Gasteiger partial charge in [0.05, 0.1) is 6.34 Å². The Hall–Kier alpha value is 1.75. The minimum absolute atomic E-state index is 0.223. The van der Waals surface area contributed by atoms with E-state index in [1.54, 1.807) is 0 Å². The van der Waals surface area contributed by atoms with Crippen molar-refractivity contribution in [2.75, 3.05) is 0 Å². The molecule has 18 heavy (non-hydrogen) atoms. The molecule has 1 aliphatic heterocycles. The fourth-order valence-corrected chi connectivity index (χ4v) is 2.05. The van der Waals surface area contributed by atoms with Gasteiger partial charge in [-0.15, -0.1) is 0 Å². The molecule has 0 amide bonds. The first-order valence-electron chi connectivity index (χ1n) is 3.94. The van der Waals surface area contributed by atoms with Crippen molar-refractivity contribution in [3.8, 4) is 0 Å². The molecule has 3 nitrogen and oxygen atoms in total. The summed E-state index contributed by atoms with van der Waals surface area (Å²) in [5.74, 6) is -0.223. The molecule has 0 bridgehead atoms. The van der Waals surface area contributed by atoms with E-state index in [1.165, 1.54) is 0 Å². The van der Waals surface area contributed by atoms with Gasteiger partial charge in [-0.25, -0.2) is 9.98 Å². The summed E-state index contributed by atoms with van der Waals surface area (Å²) in [6.07, 6.45) is -0.0409. The molecule has 12 heteroatoms. The maximum absolute atomic E-state index is 5.72. The Labute approximate surface area is 148 Å². The zero-order valence-electron chi connectivity index (χ0n) is 7.90. The first kappa shape index (κ1) is 17.8. The number of aliphatic imine (C=N–C) groups is 2. The average Bonchev–Trinajstić information content (AvgIpc) is 2.12. The third-order valence-corrected chi connectivity index (χ3v) is 3.25. The molecule has 0 N–H and O–H groups in total. The lowest BCUT2D eigenvalue weighted by Gasteiger charge is -2.35. The largest absolute Gasteiger partial charge is 0.274 e. The van der Waals surface area contributed by atoms with Crippen LogP contribution in [0.25, 0.3) is 0 Å². The van der Waals surface area contributed by atoms with Crippen LogP contribution >= 0.6 is 104 Å². The Morgan fingerprint density at radius 2 is 1.44 bits per heavy atom.